The molecule has 4 aromatic rings. The Balaban J connectivity index is 1.53. The summed E-state index contributed by atoms with van der Waals surface area (Å²) in [4.78, 5) is 22.7. The summed E-state index contributed by atoms with van der Waals surface area (Å²) in [5, 5.41) is 4.18. The average Bonchev–Trinajstić information content (AvgIpc) is 3.08. The Morgan fingerprint density at radius 1 is 1.10 bits per heavy atom. The zero-order chi connectivity index (χ0) is 20.2. The molecule has 2 aromatic heterocycles. The first-order chi connectivity index (χ1) is 14.1. The summed E-state index contributed by atoms with van der Waals surface area (Å²) in [6.07, 6.45) is 2.20. The van der Waals surface area contributed by atoms with Gasteiger partial charge in [0.1, 0.15) is 21.9 Å². The number of rotatable bonds is 6. The number of hydrogen-bond acceptors (Lipinski definition) is 6. The molecule has 2 heterocycles. The number of benzene rings is 2. The van der Waals surface area contributed by atoms with Crippen molar-refractivity contribution in [1.82, 2.24) is 9.97 Å². The smallest absolute Gasteiger partial charge is 0.348 e. The molecule has 0 amide bonds. The number of aryl methyl sites for hydroxylation is 1. The molecule has 0 bridgehead atoms. The lowest BCUT2D eigenvalue weighted by atomic mass is 10.2. The Bertz CT molecular complexity index is 1140. The number of aromatic nitrogens is 2. The molecular weight excluding hydrogens is 497 g/mol. The molecule has 1 N–H and O–H groups in total. The van der Waals surface area contributed by atoms with Gasteiger partial charge in [-0.3, -0.25) is 0 Å². The minimum absolute atomic E-state index is 0.318. The summed E-state index contributed by atoms with van der Waals surface area (Å²) in [5.74, 6) is 0.370. The standard InChI is InChI=1S/C22H18IN3O2S/c1-14-18-20(26-17-9-7-16(23)8-10-17)24-13-25-21(18)29-19(14)22(27)28-12-11-15-5-3-2-4-6-15/h2-10,13H,11-12H2,1H3,(H,24,25,26). The molecule has 2 aromatic carbocycles. The Kier molecular flexibility index (Phi) is 6.05. The molecule has 5 nitrogen and oxygen atoms in total. The van der Waals surface area contributed by atoms with Crippen LogP contribution in [0.25, 0.3) is 10.2 Å². The molecule has 0 aliphatic carbocycles. The SMILES string of the molecule is Cc1c(C(=O)OCCc2ccccc2)sc2ncnc(Nc3ccc(I)cc3)c12. The number of nitrogens with zero attached hydrogens (tertiary/aromatic N) is 2. The average molecular weight is 515 g/mol. The van der Waals surface area contributed by atoms with E-state index in [9.17, 15) is 4.79 Å². The lowest BCUT2D eigenvalue weighted by molar-refractivity contribution is 0.0514. The van der Waals surface area contributed by atoms with Gasteiger partial charge in [0.05, 0.1) is 12.0 Å². The molecule has 0 spiro atoms. The third kappa shape index (κ3) is 4.56. The predicted molar refractivity (Wildman–Crippen MR) is 125 cm³/mol. The van der Waals surface area contributed by atoms with Crippen LogP contribution in [-0.4, -0.2) is 22.5 Å². The molecule has 0 fully saturated rings. The summed E-state index contributed by atoms with van der Waals surface area (Å²) < 4.78 is 6.68. The van der Waals surface area contributed by atoms with E-state index in [-0.39, 0.29) is 5.97 Å². The fraction of sp³-hybridized carbons (Fsp3) is 0.136. The van der Waals surface area contributed by atoms with E-state index >= 15 is 0 Å². The molecule has 0 aliphatic heterocycles. The Morgan fingerprint density at radius 3 is 2.62 bits per heavy atom. The van der Waals surface area contributed by atoms with Gasteiger partial charge in [-0.05, 0) is 64.9 Å². The van der Waals surface area contributed by atoms with Gasteiger partial charge in [-0.2, -0.15) is 0 Å². The molecule has 4 rings (SSSR count). The van der Waals surface area contributed by atoms with Gasteiger partial charge < -0.3 is 10.1 Å². The monoisotopic (exact) mass is 515 g/mol. The quantitative estimate of drug-likeness (QED) is 0.262. The molecule has 0 atom stereocenters. The molecule has 29 heavy (non-hydrogen) atoms. The van der Waals surface area contributed by atoms with Crippen LogP contribution < -0.4 is 5.32 Å². The fourth-order valence-corrected chi connectivity index (χ4v) is 4.40. The minimum atomic E-state index is -0.318. The minimum Gasteiger partial charge on any atom is -0.461 e. The number of thiophene rings is 1. The van der Waals surface area contributed by atoms with E-state index in [4.69, 9.17) is 4.74 Å². The van der Waals surface area contributed by atoms with Gasteiger partial charge in [-0.25, -0.2) is 14.8 Å². The van der Waals surface area contributed by atoms with E-state index in [0.29, 0.717) is 23.7 Å². The van der Waals surface area contributed by atoms with E-state index in [2.05, 4.69) is 37.9 Å². The first kappa shape index (κ1) is 19.8. The zero-order valence-corrected chi connectivity index (χ0v) is 18.7. The molecule has 0 aliphatic rings. The van der Waals surface area contributed by atoms with Crippen molar-refractivity contribution in [2.24, 2.45) is 0 Å². The maximum atomic E-state index is 12.7. The number of nitrogens with one attached hydrogen (secondary N) is 1. The number of anilines is 2. The number of carbonyl (C=O) groups excluding carboxylic acids is 1. The normalized spacial score (nSPS) is 10.8. The summed E-state index contributed by atoms with van der Waals surface area (Å²) in [7, 11) is 0. The van der Waals surface area contributed by atoms with Crippen molar-refractivity contribution in [3.05, 3.63) is 80.5 Å². The second-order valence-corrected chi connectivity index (χ2v) is 8.71. The van der Waals surface area contributed by atoms with Gasteiger partial charge in [0.15, 0.2) is 0 Å². The van der Waals surface area contributed by atoms with E-state index < -0.39 is 0 Å². The molecule has 0 saturated heterocycles. The van der Waals surface area contributed by atoms with Gasteiger partial charge in [-0.1, -0.05) is 30.3 Å². The number of carbonyl (C=O) groups is 1. The number of esters is 1. The van der Waals surface area contributed by atoms with Crippen LogP contribution in [-0.2, 0) is 11.2 Å². The van der Waals surface area contributed by atoms with Crippen LogP contribution in [0.4, 0.5) is 11.5 Å². The van der Waals surface area contributed by atoms with Crippen molar-refractivity contribution in [3.8, 4) is 0 Å². The molecule has 0 radical (unpaired) electrons. The summed E-state index contributed by atoms with van der Waals surface area (Å²) in [5.41, 5.74) is 2.91. The summed E-state index contributed by atoms with van der Waals surface area (Å²) in [6, 6.07) is 18.0. The van der Waals surface area contributed by atoms with E-state index in [1.165, 1.54) is 17.7 Å². The fourth-order valence-electron chi connectivity index (χ4n) is 3.00. The van der Waals surface area contributed by atoms with Gasteiger partial charge >= 0.3 is 5.97 Å². The zero-order valence-electron chi connectivity index (χ0n) is 15.7. The van der Waals surface area contributed by atoms with E-state index in [1.54, 1.807) is 0 Å². The maximum Gasteiger partial charge on any atom is 0.348 e. The second kappa shape index (κ2) is 8.87. The second-order valence-electron chi connectivity index (χ2n) is 6.46. The van der Waals surface area contributed by atoms with Crippen LogP contribution in [0.15, 0.2) is 60.9 Å². The first-order valence-electron chi connectivity index (χ1n) is 9.09. The topological polar surface area (TPSA) is 64.1 Å². The number of ether oxygens (including phenoxy) is 1. The highest BCUT2D eigenvalue weighted by Gasteiger charge is 2.20. The number of fused-ring (bicyclic) bond motifs is 1. The highest BCUT2D eigenvalue weighted by molar-refractivity contribution is 14.1. The summed E-state index contributed by atoms with van der Waals surface area (Å²) >= 11 is 3.61. The number of halogens is 1. The molecule has 7 heteroatoms. The lowest BCUT2D eigenvalue weighted by Gasteiger charge is -2.07. The van der Waals surface area contributed by atoms with Crippen molar-refractivity contribution in [1.29, 1.82) is 0 Å². The van der Waals surface area contributed by atoms with Crippen LogP contribution in [0.3, 0.4) is 0 Å². The van der Waals surface area contributed by atoms with Gasteiger partial charge in [0.2, 0.25) is 0 Å². The third-order valence-electron chi connectivity index (χ3n) is 4.49. The third-order valence-corrected chi connectivity index (χ3v) is 6.38. The Hall–Kier alpha value is -2.52. The van der Waals surface area contributed by atoms with Crippen molar-refractivity contribution in [2.45, 2.75) is 13.3 Å². The highest BCUT2D eigenvalue weighted by atomic mass is 127. The summed E-state index contributed by atoms with van der Waals surface area (Å²) in [6.45, 7) is 2.26. The molecule has 0 saturated carbocycles. The van der Waals surface area contributed by atoms with Gasteiger partial charge in [0, 0.05) is 15.7 Å². The molecule has 146 valence electrons. The van der Waals surface area contributed by atoms with Crippen LogP contribution >= 0.6 is 33.9 Å². The van der Waals surface area contributed by atoms with Crippen LogP contribution in [0.5, 0.6) is 0 Å². The number of hydrogen-bond donors (Lipinski definition) is 1. The predicted octanol–water partition coefficient (Wildman–Crippen LogP) is 5.75. The van der Waals surface area contributed by atoms with Crippen molar-refractivity contribution in [3.63, 3.8) is 0 Å². The van der Waals surface area contributed by atoms with Crippen LogP contribution in [0.2, 0.25) is 0 Å². The van der Waals surface area contributed by atoms with E-state index in [0.717, 1.165) is 30.6 Å². The van der Waals surface area contributed by atoms with Crippen molar-refractivity contribution in [2.75, 3.05) is 11.9 Å². The first-order valence-corrected chi connectivity index (χ1v) is 11.0. The van der Waals surface area contributed by atoms with Gasteiger partial charge in [0.25, 0.3) is 0 Å². The highest BCUT2D eigenvalue weighted by Crippen LogP contribution is 2.34. The van der Waals surface area contributed by atoms with Crippen molar-refractivity contribution >= 4 is 61.6 Å². The largest absolute Gasteiger partial charge is 0.461 e. The van der Waals surface area contributed by atoms with Crippen LogP contribution in [0.1, 0.15) is 20.8 Å². The molecule has 0 unspecified atom stereocenters. The lowest BCUT2D eigenvalue weighted by Crippen LogP contribution is -2.07. The Morgan fingerprint density at radius 2 is 1.86 bits per heavy atom. The maximum absolute atomic E-state index is 12.7. The van der Waals surface area contributed by atoms with Crippen LogP contribution in [0, 0.1) is 10.5 Å². The molecular formula is C22H18IN3O2S. The Labute approximate surface area is 186 Å². The van der Waals surface area contributed by atoms with Crippen molar-refractivity contribution < 1.29 is 9.53 Å². The van der Waals surface area contributed by atoms with Gasteiger partial charge in [-0.15, -0.1) is 11.3 Å². The van der Waals surface area contributed by atoms with E-state index in [1.807, 2.05) is 61.5 Å².